The summed E-state index contributed by atoms with van der Waals surface area (Å²) < 4.78 is 11.0. The number of allylic oxidation sites excluding steroid dienone is 3. The molecule has 0 spiro atoms. The molecule has 9 heteroatoms. The van der Waals surface area contributed by atoms with Crippen LogP contribution in [0.4, 0.5) is 10.6 Å². The van der Waals surface area contributed by atoms with Gasteiger partial charge in [0.2, 0.25) is 0 Å². The third-order valence-corrected chi connectivity index (χ3v) is 6.57. The lowest BCUT2D eigenvalue weighted by molar-refractivity contribution is 0.0277. The number of pyridine rings is 1. The molecule has 2 aromatic rings. The van der Waals surface area contributed by atoms with Crippen molar-refractivity contribution in [3.05, 3.63) is 42.0 Å². The minimum absolute atomic E-state index is 0.285. The zero-order valence-corrected chi connectivity index (χ0v) is 21.0. The van der Waals surface area contributed by atoms with Gasteiger partial charge < -0.3 is 24.2 Å². The molecule has 186 valence electrons. The lowest BCUT2D eigenvalue weighted by Crippen LogP contribution is -2.37. The summed E-state index contributed by atoms with van der Waals surface area (Å²) in [7, 11) is 1.80. The number of carbonyl (C=O) groups excluding carboxylic acids is 1. The van der Waals surface area contributed by atoms with Gasteiger partial charge in [0, 0.05) is 63.4 Å². The number of hydrogen-bond acceptors (Lipinski definition) is 8. The van der Waals surface area contributed by atoms with Crippen LogP contribution in [0.3, 0.4) is 0 Å². The van der Waals surface area contributed by atoms with Crippen LogP contribution in [0.1, 0.15) is 32.9 Å². The van der Waals surface area contributed by atoms with Gasteiger partial charge in [-0.15, -0.1) is 0 Å². The van der Waals surface area contributed by atoms with Gasteiger partial charge in [-0.1, -0.05) is 0 Å². The van der Waals surface area contributed by atoms with Crippen LogP contribution in [0.25, 0.3) is 16.6 Å². The quantitative estimate of drug-likeness (QED) is 0.647. The average Bonchev–Trinajstić information content (AvgIpc) is 3.25. The first-order valence-corrected chi connectivity index (χ1v) is 12.3. The van der Waals surface area contributed by atoms with Crippen molar-refractivity contribution in [1.29, 1.82) is 0 Å². The molecule has 5 rings (SSSR count). The molecule has 4 heterocycles. The molecule has 2 fully saturated rings. The number of morpholine rings is 1. The van der Waals surface area contributed by atoms with E-state index in [9.17, 15) is 4.79 Å². The molecule has 1 amide bonds. The van der Waals surface area contributed by atoms with E-state index in [0.717, 1.165) is 73.9 Å². The van der Waals surface area contributed by atoms with Crippen LogP contribution in [0.2, 0.25) is 0 Å². The Balaban J connectivity index is 1.34. The van der Waals surface area contributed by atoms with E-state index in [1.807, 2.05) is 26.8 Å². The topological polar surface area (TPSA) is 83.9 Å². The van der Waals surface area contributed by atoms with Crippen molar-refractivity contribution in [2.75, 3.05) is 57.9 Å². The summed E-state index contributed by atoms with van der Waals surface area (Å²) in [6.07, 6.45) is 8.42. The third-order valence-electron chi connectivity index (χ3n) is 6.57. The van der Waals surface area contributed by atoms with E-state index in [2.05, 4.69) is 31.9 Å². The average molecular weight is 479 g/mol. The summed E-state index contributed by atoms with van der Waals surface area (Å²) in [5.41, 5.74) is 4.44. The molecule has 0 saturated carbocycles. The largest absolute Gasteiger partial charge is 0.444 e. The van der Waals surface area contributed by atoms with Crippen molar-refractivity contribution in [2.24, 2.45) is 5.92 Å². The highest BCUT2D eigenvalue weighted by molar-refractivity contribution is 5.92. The number of aromatic nitrogens is 3. The molecule has 2 aromatic heterocycles. The van der Waals surface area contributed by atoms with E-state index in [1.54, 1.807) is 24.3 Å². The summed E-state index contributed by atoms with van der Waals surface area (Å²) in [4.78, 5) is 33.1. The molecular formula is C26H34N6O3. The van der Waals surface area contributed by atoms with Crippen molar-refractivity contribution < 1.29 is 14.3 Å². The van der Waals surface area contributed by atoms with E-state index in [-0.39, 0.29) is 6.09 Å². The van der Waals surface area contributed by atoms with Crippen LogP contribution in [0, 0.1) is 5.92 Å². The molecular weight excluding hydrogens is 444 g/mol. The highest BCUT2D eigenvalue weighted by Crippen LogP contribution is 2.36. The van der Waals surface area contributed by atoms with Gasteiger partial charge in [-0.05, 0) is 51.3 Å². The summed E-state index contributed by atoms with van der Waals surface area (Å²) in [5.74, 6) is 1.19. The Morgan fingerprint density at radius 1 is 1.14 bits per heavy atom. The summed E-state index contributed by atoms with van der Waals surface area (Å²) >= 11 is 0. The highest BCUT2D eigenvalue weighted by atomic mass is 16.6. The zero-order chi connectivity index (χ0) is 24.6. The maximum Gasteiger partial charge on any atom is 0.410 e. The lowest BCUT2D eigenvalue weighted by Gasteiger charge is -2.34. The standard InChI is InChI=1S/C26H34N6O3/c1-26(2,3)35-25(33)30(4)16-18-7-10-32(17-18)24-23-21(27-8-9-28-23)15-20(29-24)19-5-6-22(19)31-11-13-34-14-12-31/h5-6,8-9,15,18H,7,10-14,16-17H2,1-4H3/t18-/m0/s1. The minimum Gasteiger partial charge on any atom is -0.444 e. The summed E-state index contributed by atoms with van der Waals surface area (Å²) in [6, 6.07) is 2.04. The van der Waals surface area contributed by atoms with Crippen molar-refractivity contribution in [2.45, 2.75) is 32.8 Å². The van der Waals surface area contributed by atoms with E-state index in [0.29, 0.717) is 12.5 Å². The second-order valence-electron chi connectivity index (χ2n) is 10.4. The number of fused-ring (bicyclic) bond motifs is 1. The SMILES string of the molecule is CN(C[C@@H]1CCN(c2nc(C3=CC=C3N3CCOCC3)cc3nccnc23)C1)C(=O)OC(C)(C)C. The van der Waals surface area contributed by atoms with Gasteiger partial charge in [-0.3, -0.25) is 4.98 Å². The molecule has 35 heavy (non-hydrogen) atoms. The molecule has 0 unspecified atom stereocenters. The first kappa shape index (κ1) is 23.5. The van der Waals surface area contributed by atoms with Crippen molar-refractivity contribution in [1.82, 2.24) is 24.8 Å². The smallest absolute Gasteiger partial charge is 0.410 e. The number of amides is 1. The predicted molar refractivity (Wildman–Crippen MR) is 135 cm³/mol. The third kappa shape index (κ3) is 5.10. The molecule has 0 radical (unpaired) electrons. The molecule has 0 aromatic carbocycles. The molecule has 9 nitrogen and oxygen atoms in total. The minimum atomic E-state index is -0.500. The Labute approximate surface area is 206 Å². The number of ether oxygens (including phenoxy) is 2. The van der Waals surface area contributed by atoms with Crippen LogP contribution in [0.5, 0.6) is 0 Å². The Bertz CT molecular complexity index is 1170. The van der Waals surface area contributed by atoms with Crippen LogP contribution >= 0.6 is 0 Å². The van der Waals surface area contributed by atoms with Crippen LogP contribution in [-0.2, 0) is 9.47 Å². The Hall–Kier alpha value is -3.20. The van der Waals surface area contributed by atoms with E-state index in [1.165, 1.54) is 5.70 Å². The fraction of sp³-hybridized carbons (Fsp3) is 0.538. The second kappa shape index (κ2) is 9.45. The molecule has 2 saturated heterocycles. The second-order valence-corrected chi connectivity index (χ2v) is 10.4. The van der Waals surface area contributed by atoms with Crippen LogP contribution in [-0.4, -0.2) is 89.4 Å². The first-order chi connectivity index (χ1) is 16.8. The van der Waals surface area contributed by atoms with Gasteiger partial charge in [-0.2, -0.15) is 0 Å². The fourth-order valence-electron chi connectivity index (χ4n) is 4.83. The van der Waals surface area contributed by atoms with Gasteiger partial charge in [-0.25, -0.2) is 14.8 Å². The highest BCUT2D eigenvalue weighted by Gasteiger charge is 2.30. The molecule has 0 bridgehead atoms. The van der Waals surface area contributed by atoms with Crippen LogP contribution in [0.15, 0.2) is 36.3 Å². The molecule has 1 aliphatic carbocycles. The van der Waals surface area contributed by atoms with Crippen molar-refractivity contribution >= 4 is 28.5 Å². The maximum atomic E-state index is 12.4. The monoisotopic (exact) mass is 478 g/mol. The molecule has 1 atom stereocenters. The number of hydrogen-bond donors (Lipinski definition) is 0. The van der Waals surface area contributed by atoms with Crippen molar-refractivity contribution in [3.63, 3.8) is 0 Å². The van der Waals surface area contributed by atoms with Gasteiger partial charge in [0.15, 0.2) is 5.82 Å². The van der Waals surface area contributed by atoms with E-state index >= 15 is 0 Å². The number of carbonyl (C=O) groups is 1. The normalized spacial score (nSPS) is 20.4. The fourth-order valence-corrected chi connectivity index (χ4v) is 4.83. The lowest BCUT2D eigenvalue weighted by atomic mass is 9.97. The van der Waals surface area contributed by atoms with Crippen molar-refractivity contribution in [3.8, 4) is 0 Å². The van der Waals surface area contributed by atoms with Gasteiger partial charge in [0.05, 0.1) is 24.4 Å². The first-order valence-electron chi connectivity index (χ1n) is 12.3. The van der Waals surface area contributed by atoms with Gasteiger partial charge in [0.1, 0.15) is 11.1 Å². The summed E-state index contributed by atoms with van der Waals surface area (Å²) in [6.45, 7) is 11.3. The molecule has 0 N–H and O–H groups in total. The Kier molecular flexibility index (Phi) is 6.35. The summed E-state index contributed by atoms with van der Waals surface area (Å²) in [5, 5.41) is 0. The Morgan fingerprint density at radius 2 is 1.91 bits per heavy atom. The molecule has 3 aliphatic rings. The van der Waals surface area contributed by atoms with Crippen LogP contribution < -0.4 is 4.90 Å². The van der Waals surface area contributed by atoms with Gasteiger partial charge >= 0.3 is 6.09 Å². The number of nitrogens with zero attached hydrogens (tertiary/aromatic N) is 6. The predicted octanol–water partition coefficient (Wildman–Crippen LogP) is 3.33. The maximum absolute atomic E-state index is 12.4. The number of rotatable bonds is 5. The molecule has 2 aliphatic heterocycles. The van der Waals surface area contributed by atoms with E-state index < -0.39 is 5.60 Å². The zero-order valence-electron chi connectivity index (χ0n) is 21.0. The van der Waals surface area contributed by atoms with E-state index in [4.69, 9.17) is 14.5 Å². The number of anilines is 1. The Morgan fingerprint density at radius 3 is 2.63 bits per heavy atom. The van der Waals surface area contributed by atoms with Gasteiger partial charge in [0.25, 0.3) is 0 Å².